The smallest absolute Gasteiger partial charge is 0.309 e. The molecule has 0 amide bonds. The Morgan fingerprint density at radius 1 is 1.11 bits per heavy atom. The standard InChI is InChI=1S/C16H17N2.Al/c1-12-8-7-11-15(18-12)16(2,3)13-9-5-6-10-14(13)17-4;/h1,5-11H,2-4H3;/q-1;+1. The second kappa shape index (κ2) is 5.37. The second-order valence-corrected chi connectivity index (χ2v) is 5.98. The van der Waals surface area contributed by atoms with E-state index >= 15 is 0 Å². The lowest BCUT2D eigenvalue weighted by Gasteiger charge is -2.31. The van der Waals surface area contributed by atoms with E-state index in [1.54, 1.807) is 0 Å². The maximum absolute atomic E-state index is 5.81. The van der Waals surface area contributed by atoms with Crippen molar-refractivity contribution in [3.63, 3.8) is 0 Å². The van der Waals surface area contributed by atoms with E-state index in [9.17, 15) is 0 Å². The van der Waals surface area contributed by atoms with Crippen molar-refractivity contribution in [2.75, 3.05) is 10.9 Å². The van der Waals surface area contributed by atoms with Gasteiger partial charge in [-0.05, 0) is 30.8 Å². The number of nitrogens with zero attached hydrogens (tertiary/aromatic N) is 2. The topological polar surface area (TPSA) is 16.1 Å². The number of anilines is 1. The molecule has 19 heavy (non-hydrogen) atoms. The van der Waals surface area contributed by atoms with Gasteiger partial charge in [0, 0.05) is 23.7 Å². The van der Waals surface area contributed by atoms with Gasteiger partial charge >= 0.3 is 16.5 Å². The quantitative estimate of drug-likeness (QED) is 0.792. The molecule has 2 nitrogen and oxygen atoms in total. The van der Waals surface area contributed by atoms with E-state index < -0.39 is 0 Å². The molecule has 2 aromatic rings. The molecule has 0 aliphatic carbocycles. The molecule has 0 N–H and O–H groups in total. The summed E-state index contributed by atoms with van der Waals surface area (Å²) in [5.41, 5.74) is 3.73. The minimum atomic E-state index is -0.198. The Balaban J connectivity index is 2.56. The average molecular weight is 264 g/mol. The van der Waals surface area contributed by atoms with Crippen molar-refractivity contribution < 1.29 is 0 Å². The highest BCUT2D eigenvalue weighted by Gasteiger charge is 2.27. The fraction of sp³-hybridized carbons (Fsp3) is 0.250. The van der Waals surface area contributed by atoms with Crippen LogP contribution >= 0.6 is 0 Å². The van der Waals surface area contributed by atoms with Crippen LogP contribution in [0.5, 0.6) is 0 Å². The van der Waals surface area contributed by atoms with Crippen molar-refractivity contribution in [2.24, 2.45) is 0 Å². The number of aromatic nitrogens is 1. The van der Waals surface area contributed by atoms with Gasteiger partial charge in [0.2, 0.25) is 0 Å². The molecule has 0 aliphatic rings. The van der Waals surface area contributed by atoms with Gasteiger partial charge in [0.25, 0.3) is 0 Å². The van der Waals surface area contributed by atoms with Gasteiger partial charge in [0.15, 0.2) is 0 Å². The maximum atomic E-state index is 5.81. The number of hydrogen-bond acceptors (Lipinski definition) is 2. The zero-order chi connectivity index (χ0) is 14.0. The molecule has 2 rings (SSSR count). The van der Waals surface area contributed by atoms with Crippen LogP contribution in [0, 0.1) is 6.92 Å². The minimum absolute atomic E-state index is 0.198. The van der Waals surface area contributed by atoms with E-state index in [1.807, 2.05) is 35.2 Å². The van der Waals surface area contributed by atoms with Crippen LogP contribution in [0.2, 0.25) is 0 Å². The van der Waals surface area contributed by atoms with E-state index in [4.69, 9.17) is 6.92 Å². The molecular weight excluding hydrogens is 247 g/mol. The Kier molecular flexibility index (Phi) is 3.99. The molecule has 0 atom stereocenters. The van der Waals surface area contributed by atoms with Crippen LogP contribution in [0.25, 0.3) is 0 Å². The molecule has 0 saturated carbocycles. The molecule has 0 bridgehead atoms. The molecule has 0 spiro atoms. The van der Waals surface area contributed by atoms with Crippen LogP contribution < -0.4 is 3.88 Å². The number of pyridine rings is 1. The van der Waals surface area contributed by atoms with Gasteiger partial charge in [-0.25, -0.2) is 0 Å². The predicted octanol–water partition coefficient (Wildman–Crippen LogP) is 2.99. The summed E-state index contributed by atoms with van der Waals surface area (Å²) in [4.78, 5) is 4.47. The first-order chi connectivity index (χ1) is 8.93. The van der Waals surface area contributed by atoms with Gasteiger partial charge in [-0.3, -0.25) is 4.98 Å². The first kappa shape index (κ1) is 14.1. The lowest BCUT2D eigenvalue weighted by atomic mass is 9.80. The summed E-state index contributed by atoms with van der Waals surface area (Å²) in [7, 11) is 2.02. The fourth-order valence-electron chi connectivity index (χ4n) is 2.25. The molecule has 94 valence electrons. The molecule has 1 aromatic heterocycles. The van der Waals surface area contributed by atoms with Gasteiger partial charge in [0.05, 0.1) is 5.69 Å². The van der Waals surface area contributed by atoms with Gasteiger partial charge in [0.1, 0.15) is 0 Å². The van der Waals surface area contributed by atoms with Gasteiger partial charge < -0.3 is 3.88 Å². The van der Waals surface area contributed by atoms with Crippen molar-refractivity contribution in [1.29, 1.82) is 0 Å². The summed E-state index contributed by atoms with van der Waals surface area (Å²) in [6.45, 7) is 10.1. The van der Waals surface area contributed by atoms with E-state index in [0.29, 0.717) is 5.69 Å². The summed E-state index contributed by atoms with van der Waals surface area (Å²) in [5, 5.41) is 0. The molecule has 0 saturated heterocycles. The highest BCUT2D eigenvalue weighted by Crippen LogP contribution is 2.35. The second-order valence-electron chi connectivity index (χ2n) is 5.20. The van der Waals surface area contributed by atoms with E-state index in [-0.39, 0.29) is 5.41 Å². The van der Waals surface area contributed by atoms with E-state index in [1.165, 1.54) is 11.3 Å². The number of para-hydroxylation sites is 1. The summed E-state index contributed by atoms with van der Waals surface area (Å²) in [6.07, 6.45) is 0. The van der Waals surface area contributed by atoms with Crippen molar-refractivity contribution in [3.05, 3.63) is 66.3 Å². The zero-order valence-corrected chi connectivity index (χ0v) is 12.7. The van der Waals surface area contributed by atoms with Crippen LogP contribution in [-0.4, -0.2) is 28.5 Å². The SMILES string of the molecule is [CH]c1cccc(C(C)(C)c2ccccc2[N](C)[Al])n1. The first-order valence-corrected chi connectivity index (χ1v) is 6.75. The zero-order valence-electron chi connectivity index (χ0n) is 11.6. The lowest BCUT2D eigenvalue weighted by Crippen LogP contribution is -2.25. The van der Waals surface area contributed by atoms with Gasteiger partial charge in [-0.1, -0.05) is 38.1 Å². The number of benzene rings is 1. The van der Waals surface area contributed by atoms with E-state index in [2.05, 4.69) is 53.5 Å². The average Bonchev–Trinajstić information content (AvgIpc) is 2.38. The molecule has 0 fully saturated rings. The molecular formula is C16H17AlN2. The molecule has 3 heteroatoms. The van der Waals surface area contributed by atoms with Crippen molar-refractivity contribution in [3.8, 4) is 0 Å². The Bertz CT molecular complexity index is 576. The Labute approximate surface area is 124 Å². The molecule has 0 aliphatic heterocycles. The third-order valence-electron chi connectivity index (χ3n) is 3.37. The third-order valence-corrected chi connectivity index (χ3v) is 3.65. The number of hydrogen-bond donors (Lipinski definition) is 0. The van der Waals surface area contributed by atoms with Crippen LogP contribution in [-0.2, 0) is 5.41 Å². The summed E-state index contributed by atoms with van der Waals surface area (Å²) >= 11 is 2.70. The van der Waals surface area contributed by atoms with Crippen LogP contribution in [0.4, 0.5) is 5.69 Å². The van der Waals surface area contributed by atoms with Crippen LogP contribution in [0.15, 0.2) is 42.5 Å². The van der Waals surface area contributed by atoms with Crippen molar-refractivity contribution in [2.45, 2.75) is 19.3 Å². The molecule has 1 aromatic carbocycles. The summed E-state index contributed by atoms with van der Waals surface area (Å²) < 4.78 is 2.05. The number of rotatable bonds is 3. The highest BCUT2D eigenvalue weighted by atomic mass is 27.1. The lowest BCUT2D eigenvalue weighted by molar-refractivity contribution is 0.616. The first-order valence-electron chi connectivity index (χ1n) is 6.24. The van der Waals surface area contributed by atoms with E-state index in [0.717, 1.165) is 5.69 Å². The highest BCUT2D eigenvalue weighted by molar-refractivity contribution is 6.17. The largest absolute Gasteiger partial charge is 0.481 e. The maximum Gasteiger partial charge on any atom is 0.309 e. The summed E-state index contributed by atoms with van der Waals surface area (Å²) in [6, 6.07) is 14.1. The van der Waals surface area contributed by atoms with Gasteiger partial charge in [-0.2, -0.15) is 0 Å². The van der Waals surface area contributed by atoms with Crippen LogP contribution in [0.3, 0.4) is 0 Å². The fourth-order valence-corrected chi connectivity index (χ4v) is 2.47. The van der Waals surface area contributed by atoms with Crippen molar-refractivity contribution in [1.82, 2.24) is 4.98 Å². The Morgan fingerprint density at radius 3 is 2.42 bits per heavy atom. The minimum Gasteiger partial charge on any atom is -0.481 e. The van der Waals surface area contributed by atoms with Gasteiger partial charge in [-0.15, -0.1) is 0 Å². The molecule has 4 radical (unpaired) electrons. The Hall–Kier alpha value is -1.30. The third kappa shape index (κ3) is 2.83. The molecule has 0 unspecified atom stereocenters. The predicted molar refractivity (Wildman–Crippen MR) is 80.4 cm³/mol. The molecule has 1 heterocycles. The summed E-state index contributed by atoms with van der Waals surface area (Å²) in [5.74, 6) is 0. The van der Waals surface area contributed by atoms with Crippen molar-refractivity contribution >= 4 is 22.2 Å². The van der Waals surface area contributed by atoms with Crippen LogP contribution in [0.1, 0.15) is 30.8 Å². The normalized spacial score (nSPS) is 11.4. The monoisotopic (exact) mass is 264 g/mol. The Morgan fingerprint density at radius 2 is 1.79 bits per heavy atom.